The molecule has 2 aliphatic carbocycles. The van der Waals surface area contributed by atoms with Crippen LogP contribution in [-0.4, -0.2) is 33.3 Å². The molecule has 0 radical (unpaired) electrons. The highest BCUT2D eigenvalue weighted by Gasteiger charge is 2.38. The minimum Gasteiger partial charge on any atom is -0.511 e. The van der Waals surface area contributed by atoms with Crippen LogP contribution in [0.5, 0.6) is 0 Å². The molecule has 6 heteroatoms. The van der Waals surface area contributed by atoms with Crippen LogP contribution < -0.4 is 0 Å². The van der Waals surface area contributed by atoms with Gasteiger partial charge in [0.05, 0.1) is 11.1 Å². The average Bonchev–Trinajstić information content (AvgIpc) is 2.47. The van der Waals surface area contributed by atoms with E-state index in [2.05, 4.69) is 0 Å². The van der Waals surface area contributed by atoms with Gasteiger partial charge in [-0.2, -0.15) is 0 Å². The third kappa shape index (κ3) is 5.18. The molecule has 2 N–H and O–H groups in total. The van der Waals surface area contributed by atoms with Crippen molar-refractivity contribution in [3.05, 3.63) is 22.7 Å². The Morgan fingerprint density at radius 2 is 0.893 bits per heavy atom. The first kappa shape index (κ1) is 22.1. The predicted octanol–water partition coefficient (Wildman–Crippen LogP) is 4.09. The lowest BCUT2D eigenvalue weighted by molar-refractivity contribution is -0.129. The highest BCUT2D eigenvalue weighted by atomic mass is 16.3. The maximum Gasteiger partial charge on any atom is 0.170 e. The number of hydrogen-bond donors (Lipinski definition) is 2. The van der Waals surface area contributed by atoms with Crippen molar-refractivity contribution in [2.24, 2.45) is 10.8 Å². The number of unbranched alkanes of at least 4 members (excludes halogenated alkanes) is 1. The van der Waals surface area contributed by atoms with Crippen molar-refractivity contribution in [1.82, 2.24) is 0 Å². The van der Waals surface area contributed by atoms with Gasteiger partial charge in [0.25, 0.3) is 0 Å². The van der Waals surface area contributed by atoms with Gasteiger partial charge < -0.3 is 10.2 Å². The highest BCUT2D eigenvalue weighted by molar-refractivity contribution is 6.23. The van der Waals surface area contributed by atoms with Crippen LogP contribution in [0, 0.1) is 10.8 Å². The average molecular weight is 390 g/mol. The molecule has 154 valence electrons. The molecule has 28 heavy (non-hydrogen) atoms. The van der Waals surface area contributed by atoms with E-state index >= 15 is 0 Å². The van der Waals surface area contributed by atoms with Gasteiger partial charge in [-0.1, -0.05) is 27.7 Å². The quantitative estimate of drug-likeness (QED) is 0.317. The molecule has 0 unspecified atom stereocenters. The summed E-state index contributed by atoms with van der Waals surface area (Å²) in [5.74, 6) is -1.72. The van der Waals surface area contributed by atoms with E-state index in [1.165, 1.54) is 0 Å². The van der Waals surface area contributed by atoms with Gasteiger partial charge >= 0.3 is 0 Å². The van der Waals surface area contributed by atoms with Crippen molar-refractivity contribution in [2.75, 3.05) is 0 Å². The lowest BCUT2D eigenvalue weighted by atomic mass is 9.73. The van der Waals surface area contributed by atoms with E-state index < -0.39 is 0 Å². The first-order chi connectivity index (χ1) is 12.8. The van der Waals surface area contributed by atoms with Crippen LogP contribution in [0.1, 0.15) is 79.1 Å². The van der Waals surface area contributed by atoms with E-state index in [9.17, 15) is 29.4 Å². The fourth-order valence-electron chi connectivity index (χ4n) is 4.01. The molecule has 0 amide bonds. The molecule has 0 aromatic heterocycles. The van der Waals surface area contributed by atoms with Gasteiger partial charge in [0, 0.05) is 38.5 Å². The van der Waals surface area contributed by atoms with E-state index in [0.29, 0.717) is 12.8 Å². The van der Waals surface area contributed by atoms with Crippen molar-refractivity contribution in [1.29, 1.82) is 0 Å². The number of carbonyl (C=O) groups is 4. The monoisotopic (exact) mass is 390 g/mol. The fraction of sp³-hybridized carbons (Fsp3) is 0.636. The Hall–Kier alpha value is -2.24. The van der Waals surface area contributed by atoms with Gasteiger partial charge in [-0.25, -0.2) is 0 Å². The summed E-state index contributed by atoms with van der Waals surface area (Å²) in [6.45, 7) is 7.40. The molecule has 0 spiro atoms. The van der Waals surface area contributed by atoms with Crippen LogP contribution in [0.3, 0.4) is 0 Å². The number of allylic oxidation sites excluding steroid dienone is 4. The molecule has 6 nitrogen and oxygen atoms in total. The highest BCUT2D eigenvalue weighted by Crippen LogP contribution is 2.36. The minimum atomic E-state index is -0.385. The lowest BCUT2D eigenvalue weighted by Gasteiger charge is -2.29. The first-order valence-electron chi connectivity index (χ1n) is 9.80. The van der Waals surface area contributed by atoms with Crippen LogP contribution in [0.4, 0.5) is 0 Å². The second kappa shape index (κ2) is 8.02. The van der Waals surface area contributed by atoms with Crippen LogP contribution in [-0.2, 0) is 19.2 Å². The van der Waals surface area contributed by atoms with E-state index in [1.807, 2.05) is 27.7 Å². The molecule has 2 fully saturated rings. The number of aliphatic hydroxyl groups is 2. The fourth-order valence-corrected chi connectivity index (χ4v) is 4.01. The molecular weight excluding hydrogens is 360 g/mol. The van der Waals surface area contributed by atoms with Gasteiger partial charge in [0.1, 0.15) is 11.5 Å². The van der Waals surface area contributed by atoms with Gasteiger partial charge in [0.15, 0.2) is 23.1 Å². The molecule has 2 rings (SSSR count). The van der Waals surface area contributed by atoms with Gasteiger partial charge in [-0.3, -0.25) is 19.2 Å². The number of aliphatic hydroxyl groups excluding tert-OH is 2. The van der Waals surface area contributed by atoms with Gasteiger partial charge in [-0.05, 0) is 23.7 Å². The van der Waals surface area contributed by atoms with Gasteiger partial charge in [0.2, 0.25) is 0 Å². The van der Waals surface area contributed by atoms with Gasteiger partial charge in [-0.15, -0.1) is 0 Å². The normalized spacial score (nSPS) is 21.9. The molecule has 0 atom stereocenters. The predicted molar refractivity (Wildman–Crippen MR) is 104 cm³/mol. The second-order valence-electron chi connectivity index (χ2n) is 9.58. The third-order valence-corrected chi connectivity index (χ3v) is 5.33. The smallest absolute Gasteiger partial charge is 0.170 e. The summed E-state index contributed by atoms with van der Waals surface area (Å²) < 4.78 is 0. The summed E-state index contributed by atoms with van der Waals surface area (Å²) >= 11 is 0. The number of carbonyl (C=O) groups excluding carboxylic acids is 4. The van der Waals surface area contributed by atoms with Crippen molar-refractivity contribution in [3.8, 4) is 0 Å². The Morgan fingerprint density at radius 3 is 1.14 bits per heavy atom. The number of ketones is 4. The summed E-state index contributed by atoms with van der Waals surface area (Å²) in [6.07, 6.45) is 2.04. The second-order valence-corrected chi connectivity index (χ2v) is 9.58. The Kier molecular flexibility index (Phi) is 6.31. The zero-order chi connectivity index (χ0) is 21.3. The van der Waals surface area contributed by atoms with Crippen molar-refractivity contribution in [2.45, 2.75) is 79.1 Å². The van der Waals surface area contributed by atoms with Crippen molar-refractivity contribution in [3.63, 3.8) is 0 Å². The van der Waals surface area contributed by atoms with Crippen molar-refractivity contribution < 1.29 is 29.4 Å². The molecule has 0 aromatic rings. The molecule has 0 aliphatic heterocycles. The summed E-state index contributed by atoms with van der Waals surface area (Å²) in [7, 11) is 0. The SMILES string of the molecule is CC1(C)CC(=O)C(=C(O)CCCCC(O)=C2C(=O)CC(C)(C)CC2=O)C(=O)C1. The van der Waals surface area contributed by atoms with E-state index in [4.69, 9.17) is 0 Å². The molecule has 2 saturated carbocycles. The van der Waals surface area contributed by atoms with Crippen LogP contribution >= 0.6 is 0 Å². The first-order valence-corrected chi connectivity index (χ1v) is 9.80. The zero-order valence-electron chi connectivity index (χ0n) is 17.2. The molecule has 0 saturated heterocycles. The Labute approximate surface area is 165 Å². The maximum atomic E-state index is 12.2. The van der Waals surface area contributed by atoms with Crippen molar-refractivity contribution >= 4 is 23.1 Å². The molecule has 2 aliphatic rings. The number of Topliss-reactive ketones (excluding diaryl/α,β-unsaturated/α-hetero) is 4. The zero-order valence-corrected chi connectivity index (χ0v) is 17.2. The lowest BCUT2D eigenvalue weighted by Crippen LogP contribution is -2.32. The van der Waals surface area contributed by atoms with E-state index in [1.54, 1.807) is 0 Å². The summed E-state index contributed by atoms with van der Waals surface area (Å²) in [5.41, 5.74) is -0.962. The third-order valence-electron chi connectivity index (χ3n) is 5.33. The van der Waals surface area contributed by atoms with E-state index in [-0.39, 0.29) is 95.2 Å². The molecule has 0 heterocycles. The number of rotatable bonds is 5. The Bertz CT molecular complexity index is 669. The Morgan fingerprint density at radius 1 is 0.643 bits per heavy atom. The summed E-state index contributed by atoms with van der Waals surface area (Å²) in [6, 6.07) is 0. The van der Waals surface area contributed by atoms with Crippen LogP contribution in [0.2, 0.25) is 0 Å². The molecule has 0 bridgehead atoms. The Balaban J connectivity index is 1.95. The standard InChI is InChI=1S/C22H30O6/c1-21(2)9-15(25)19(16(26)10-21)13(23)7-5-6-8-14(24)20-17(27)11-22(3,4)12-18(20)28/h23-24H,5-12H2,1-4H3. The molecule has 0 aromatic carbocycles. The largest absolute Gasteiger partial charge is 0.511 e. The number of hydrogen-bond acceptors (Lipinski definition) is 6. The molecular formula is C22H30O6. The minimum absolute atomic E-state index is 0.0956. The van der Waals surface area contributed by atoms with Crippen LogP contribution in [0.25, 0.3) is 0 Å². The topological polar surface area (TPSA) is 109 Å². The van der Waals surface area contributed by atoms with E-state index in [0.717, 1.165) is 0 Å². The maximum absolute atomic E-state index is 12.2. The van der Waals surface area contributed by atoms with Crippen LogP contribution in [0.15, 0.2) is 22.7 Å². The summed E-state index contributed by atoms with van der Waals surface area (Å²) in [4.78, 5) is 48.7. The summed E-state index contributed by atoms with van der Waals surface area (Å²) in [5, 5.41) is 20.4.